The van der Waals surface area contributed by atoms with Crippen LogP contribution in [-0.4, -0.2) is 196 Å². The van der Waals surface area contributed by atoms with Crippen LogP contribution in [0.25, 0.3) is 0 Å². The first-order chi connectivity index (χ1) is 29.3. The van der Waals surface area contributed by atoms with Gasteiger partial charge in [0.05, 0.1) is 31.3 Å². The van der Waals surface area contributed by atoms with E-state index in [2.05, 4.69) is 31.9 Å². The average Bonchev–Trinajstić information content (AvgIpc) is 4.07. The zero-order valence-corrected chi connectivity index (χ0v) is 36.4. The van der Waals surface area contributed by atoms with Gasteiger partial charge in [0.1, 0.15) is 42.3 Å². The maximum Gasteiger partial charge on any atom is 0.246 e. The van der Waals surface area contributed by atoms with Gasteiger partial charge in [0, 0.05) is 19.6 Å². The number of ketones is 1. The molecule has 4 saturated heterocycles. The average molecular weight is 877 g/mol. The lowest BCUT2D eigenvalue weighted by Gasteiger charge is -2.33. The van der Waals surface area contributed by atoms with E-state index in [-0.39, 0.29) is 30.8 Å². The maximum absolute atomic E-state index is 13.7. The fourth-order valence-electron chi connectivity index (χ4n) is 8.35. The van der Waals surface area contributed by atoms with Gasteiger partial charge in [-0.15, -0.1) is 0 Å². The van der Waals surface area contributed by atoms with E-state index < -0.39 is 115 Å². The molecular weight excluding hydrogens is 812 g/mol. The zero-order chi connectivity index (χ0) is 46.0. The molecule has 62 heavy (non-hydrogen) atoms. The van der Waals surface area contributed by atoms with Crippen LogP contribution in [0, 0.1) is 0 Å². The molecule has 4 aliphatic rings. The molecule has 1 unspecified atom stereocenters. The van der Waals surface area contributed by atoms with Crippen molar-refractivity contribution in [3.8, 4) is 0 Å². The highest BCUT2D eigenvalue weighted by Gasteiger charge is 2.44. The van der Waals surface area contributed by atoms with E-state index in [1.165, 1.54) is 35.5 Å². The van der Waals surface area contributed by atoms with Gasteiger partial charge >= 0.3 is 0 Å². The molecule has 8 N–H and O–H groups in total. The van der Waals surface area contributed by atoms with E-state index in [1.807, 2.05) is 11.9 Å². The van der Waals surface area contributed by atoms with E-state index >= 15 is 0 Å². The van der Waals surface area contributed by atoms with E-state index in [0.29, 0.717) is 51.5 Å². The number of nitrogens with zero attached hydrogens (tertiary/aromatic N) is 4. The molecule has 4 rings (SSSR count). The molecule has 0 aliphatic carbocycles. The quantitative estimate of drug-likeness (QED) is 0.0647. The smallest absolute Gasteiger partial charge is 0.246 e. The Morgan fingerprint density at radius 3 is 1.61 bits per heavy atom. The second-order valence-electron chi connectivity index (χ2n) is 16.8. The Hall–Kier alpha value is -5.22. The topological polar surface area (TPSA) is 296 Å². The monoisotopic (exact) mass is 876 g/mol. The second-order valence-corrected chi connectivity index (χ2v) is 16.8. The number of carbonyl (C=O) groups is 10. The summed E-state index contributed by atoms with van der Waals surface area (Å²) >= 11 is 0. The molecule has 22 nitrogen and oxygen atoms in total. The summed E-state index contributed by atoms with van der Waals surface area (Å²) in [7, 11) is 1.84. The summed E-state index contributed by atoms with van der Waals surface area (Å²) in [5.74, 6) is -6.01. The minimum Gasteiger partial charge on any atom is -0.394 e. The molecule has 10 atom stereocenters. The molecule has 0 aromatic rings. The second kappa shape index (κ2) is 22.2. The van der Waals surface area contributed by atoms with Crippen LogP contribution in [-0.2, 0) is 47.9 Å². The van der Waals surface area contributed by atoms with E-state index in [9.17, 15) is 58.2 Å². The number of likely N-dealkylation sites (tertiary alicyclic amines) is 4. The van der Waals surface area contributed by atoms with Gasteiger partial charge in [-0.1, -0.05) is 0 Å². The fourth-order valence-corrected chi connectivity index (χ4v) is 8.35. The van der Waals surface area contributed by atoms with Crippen LogP contribution >= 0.6 is 0 Å². The van der Waals surface area contributed by atoms with Crippen LogP contribution in [0.1, 0.15) is 86.0 Å². The van der Waals surface area contributed by atoms with Crippen molar-refractivity contribution in [3.05, 3.63) is 0 Å². The predicted octanol–water partition coefficient (Wildman–Crippen LogP) is -4.38. The lowest BCUT2D eigenvalue weighted by atomic mass is 10.1. The third-order valence-corrected chi connectivity index (χ3v) is 12.1. The maximum atomic E-state index is 13.7. The number of likely N-dealkylation sites (N-methyl/N-ethyl adjacent to an activating group) is 1. The van der Waals surface area contributed by atoms with Gasteiger partial charge in [0.2, 0.25) is 53.2 Å². The van der Waals surface area contributed by atoms with Gasteiger partial charge in [-0.3, -0.25) is 52.8 Å². The zero-order valence-electron chi connectivity index (χ0n) is 36.4. The lowest BCUT2D eigenvalue weighted by molar-refractivity contribution is -0.148. The van der Waals surface area contributed by atoms with Crippen LogP contribution in [0.4, 0.5) is 0 Å². The van der Waals surface area contributed by atoms with Gasteiger partial charge in [-0.05, 0) is 99.6 Å². The van der Waals surface area contributed by atoms with Gasteiger partial charge < -0.3 is 56.8 Å². The largest absolute Gasteiger partial charge is 0.394 e. The summed E-state index contributed by atoms with van der Waals surface area (Å²) in [5.41, 5.74) is 0. The summed E-state index contributed by atoms with van der Waals surface area (Å²) < 4.78 is 0. The highest BCUT2D eigenvalue weighted by atomic mass is 16.3. The number of hydrogen-bond donors (Lipinski definition) is 8. The Balaban J connectivity index is 1.27. The lowest BCUT2D eigenvalue weighted by Crippen LogP contribution is -2.61. The number of amides is 9. The number of nitrogens with one attached hydrogen (secondary N) is 6. The SMILES string of the molecule is CC(=O)[C@H](C)NC(=O)[C@@H]1CCCN1C(=O)[C@@H]1CCCN1C(=O)[C@H](C)NC(=O)C(NC(=O)[C@H](CO)NC(=O)CNC(=O)[C@@H]1CCCN1C(=O)[C@H](C)NC(=O)[C@@H]1CCCN1C)[C@@H](C)O. The van der Waals surface area contributed by atoms with E-state index in [0.717, 1.165) is 13.0 Å². The number of carbonyl (C=O) groups excluding carboxylic acids is 10. The van der Waals surface area contributed by atoms with Crippen molar-refractivity contribution in [2.45, 2.75) is 146 Å². The molecule has 4 fully saturated rings. The van der Waals surface area contributed by atoms with Crippen molar-refractivity contribution >= 4 is 58.9 Å². The van der Waals surface area contributed by atoms with Crippen molar-refractivity contribution in [3.63, 3.8) is 0 Å². The molecule has 4 aliphatic heterocycles. The Morgan fingerprint density at radius 1 is 0.581 bits per heavy atom. The number of aliphatic hydroxyl groups is 2. The Morgan fingerprint density at radius 2 is 1.06 bits per heavy atom. The summed E-state index contributed by atoms with van der Waals surface area (Å²) in [4.78, 5) is 136. The van der Waals surface area contributed by atoms with Crippen molar-refractivity contribution in [2.75, 3.05) is 46.4 Å². The van der Waals surface area contributed by atoms with Crippen molar-refractivity contribution in [1.82, 2.24) is 51.5 Å². The Bertz CT molecular complexity index is 1730. The third-order valence-electron chi connectivity index (χ3n) is 12.1. The first-order valence-corrected chi connectivity index (χ1v) is 21.5. The first-order valence-electron chi connectivity index (χ1n) is 21.5. The molecule has 22 heteroatoms. The molecule has 0 saturated carbocycles. The first kappa shape index (κ1) is 49.4. The van der Waals surface area contributed by atoms with Gasteiger partial charge in [0.25, 0.3) is 0 Å². The summed E-state index contributed by atoms with van der Waals surface area (Å²) in [6.07, 6.45) is 2.62. The molecule has 0 spiro atoms. The predicted molar refractivity (Wildman–Crippen MR) is 219 cm³/mol. The van der Waals surface area contributed by atoms with Crippen LogP contribution in [0.5, 0.6) is 0 Å². The number of Topliss-reactive ketones (excluding diaryl/α,β-unsaturated/α-hetero) is 1. The normalized spacial score (nSPS) is 24.2. The van der Waals surface area contributed by atoms with E-state index in [4.69, 9.17) is 0 Å². The van der Waals surface area contributed by atoms with Crippen LogP contribution in [0.2, 0.25) is 0 Å². The molecule has 4 heterocycles. The number of hydrogen-bond acceptors (Lipinski definition) is 13. The summed E-state index contributed by atoms with van der Waals surface area (Å²) in [5, 5.41) is 35.2. The molecule has 0 bridgehead atoms. The molecule has 346 valence electrons. The molecular formula is C40H64N10O12. The van der Waals surface area contributed by atoms with Crippen LogP contribution in [0.3, 0.4) is 0 Å². The van der Waals surface area contributed by atoms with Crippen LogP contribution < -0.4 is 31.9 Å². The third kappa shape index (κ3) is 12.2. The van der Waals surface area contributed by atoms with Crippen molar-refractivity contribution in [1.29, 1.82) is 0 Å². The van der Waals surface area contributed by atoms with Gasteiger partial charge in [-0.25, -0.2) is 0 Å². The molecule has 0 aromatic heterocycles. The minimum atomic E-state index is -1.65. The molecule has 0 aromatic carbocycles. The van der Waals surface area contributed by atoms with Crippen molar-refractivity contribution < 1.29 is 58.2 Å². The number of aliphatic hydroxyl groups excluding tert-OH is 2. The molecule has 0 radical (unpaired) electrons. The van der Waals surface area contributed by atoms with E-state index in [1.54, 1.807) is 13.8 Å². The fraction of sp³-hybridized carbons (Fsp3) is 0.750. The number of rotatable bonds is 18. The van der Waals surface area contributed by atoms with Crippen LogP contribution in [0.15, 0.2) is 0 Å². The summed E-state index contributed by atoms with van der Waals surface area (Å²) in [6, 6.07) is -9.08. The van der Waals surface area contributed by atoms with Gasteiger partial charge in [-0.2, -0.15) is 0 Å². The minimum absolute atomic E-state index is 0.199. The highest BCUT2D eigenvalue weighted by Crippen LogP contribution is 2.26. The molecule has 9 amide bonds. The highest BCUT2D eigenvalue weighted by molar-refractivity contribution is 5.98. The van der Waals surface area contributed by atoms with Crippen molar-refractivity contribution in [2.24, 2.45) is 0 Å². The Kier molecular flexibility index (Phi) is 17.7. The van der Waals surface area contributed by atoms with Gasteiger partial charge in [0.15, 0.2) is 5.78 Å². The Labute approximate surface area is 360 Å². The standard InChI is InChI=1S/C40H64N10O12/c1-21(24(4)52)42-36(58)29-13-9-17-49(29)40(62)30-14-10-18-50(30)39(61)23(3)44-37(59)32(25(5)53)46-33(55)26(20-51)45-31(54)19-41-34(56)28-12-8-16-48(28)38(60)22(2)43-35(57)27-11-7-15-47(27)6/h21-23,25-30,32,51,53H,7-20H2,1-6H3,(H,41,56)(H,42,58)(H,43,57)(H,44,59)(H,45,54)(H,46,55)/t21-,22-,23-,25+,26-,27-,28-,29-,30-,32?/m0/s1. The summed E-state index contributed by atoms with van der Waals surface area (Å²) in [6.45, 7) is 6.99.